The molecule has 0 aliphatic heterocycles. The van der Waals surface area contributed by atoms with Gasteiger partial charge in [0.1, 0.15) is 5.82 Å². The molecule has 2 aliphatic carbocycles. The first kappa shape index (κ1) is 28.0. The van der Waals surface area contributed by atoms with E-state index in [4.69, 9.17) is 4.74 Å². The highest BCUT2D eigenvalue weighted by molar-refractivity contribution is 5.36. The second-order valence-corrected chi connectivity index (χ2v) is 11.8. The molecule has 37 heavy (non-hydrogen) atoms. The Morgan fingerprint density at radius 2 is 1.30 bits per heavy atom. The van der Waals surface area contributed by atoms with Gasteiger partial charge in [-0.2, -0.15) is 4.39 Å². The van der Waals surface area contributed by atoms with Gasteiger partial charge in [-0.1, -0.05) is 70.4 Å². The van der Waals surface area contributed by atoms with E-state index in [0.29, 0.717) is 18.8 Å². The van der Waals surface area contributed by atoms with E-state index in [1.807, 2.05) is 13.0 Å². The van der Waals surface area contributed by atoms with Crippen LogP contribution in [0.25, 0.3) is 0 Å². The summed E-state index contributed by atoms with van der Waals surface area (Å²) in [6.07, 6.45) is 16.5. The first-order chi connectivity index (χ1) is 17.9. The van der Waals surface area contributed by atoms with Crippen molar-refractivity contribution in [2.75, 3.05) is 7.11 Å². The van der Waals surface area contributed by atoms with E-state index in [1.165, 1.54) is 77.4 Å². The first-order valence-corrected chi connectivity index (χ1v) is 14.7. The summed E-state index contributed by atoms with van der Waals surface area (Å²) in [7, 11) is 1.32. The highest BCUT2D eigenvalue weighted by Crippen LogP contribution is 2.41. The van der Waals surface area contributed by atoms with E-state index in [9.17, 15) is 8.78 Å². The number of benzene rings is 2. The maximum absolute atomic E-state index is 15.2. The summed E-state index contributed by atoms with van der Waals surface area (Å²) in [5.74, 6) is 0.915. The van der Waals surface area contributed by atoms with E-state index in [2.05, 4.69) is 6.92 Å². The van der Waals surface area contributed by atoms with Gasteiger partial charge in [-0.05, 0) is 104 Å². The minimum Gasteiger partial charge on any atom is -0.494 e. The molecular formula is C33H45F3O. The molecule has 0 bridgehead atoms. The van der Waals surface area contributed by atoms with Gasteiger partial charge in [0.25, 0.3) is 0 Å². The minimum absolute atomic E-state index is 0.0999. The van der Waals surface area contributed by atoms with E-state index in [1.54, 1.807) is 12.1 Å². The van der Waals surface area contributed by atoms with E-state index in [-0.39, 0.29) is 17.1 Å². The van der Waals surface area contributed by atoms with Gasteiger partial charge in [-0.15, -0.1) is 0 Å². The Kier molecular flexibility index (Phi) is 10.0. The van der Waals surface area contributed by atoms with Crippen LogP contribution in [-0.2, 0) is 12.8 Å². The summed E-state index contributed by atoms with van der Waals surface area (Å²) >= 11 is 0. The molecule has 0 amide bonds. The molecule has 0 aromatic heterocycles. The monoisotopic (exact) mass is 514 g/mol. The number of hydrogen-bond acceptors (Lipinski definition) is 1. The van der Waals surface area contributed by atoms with Crippen LogP contribution in [0.3, 0.4) is 0 Å². The topological polar surface area (TPSA) is 9.23 Å². The lowest BCUT2D eigenvalue weighted by molar-refractivity contribution is 0.223. The predicted molar refractivity (Wildman–Crippen MR) is 146 cm³/mol. The third-order valence-electron chi connectivity index (χ3n) is 9.40. The molecule has 0 heterocycles. The largest absolute Gasteiger partial charge is 0.494 e. The van der Waals surface area contributed by atoms with Crippen molar-refractivity contribution in [1.29, 1.82) is 0 Å². The van der Waals surface area contributed by atoms with E-state index >= 15 is 4.39 Å². The summed E-state index contributed by atoms with van der Waals surface area (Å²) in [4.78, 5) is 0. The quantitative estimate of drug-likeness (QED) is 0.306. The number of aryl methyl sites for hydroxylation is 3. The average Bonchev–Trinajstić information content (AvgIpc) is 2.91. The van der Waals surface area contributed by atoms with Crippen LogP contribution in [0.2, 0.25) is 0 Å². The minimum atomic E-state index is -0.965. The molecule has 0 unspecified atom stereocenters. The van der Waals surface area contributed by atoms with Gasteiger partial charge in [-0.3, -0.25) is 0 Å². The first-order valence-electron chi connectivity index (χ1n) is 14.7. The second kappa shape index (κ2) is 13.2. The van der Waals surface area contributed by atoms with Crippen LogP contribution in [0.5, 0.6) is 5.75 Å². The maximum Gasteiger partial charge on any atom is 0.200 e. The molecule has 0 atom stereocenters. The van der Waals surface area contributed by atoms with Gasteiger partial charge in [0.15, 0.2) is 11.6 Å². The molecule has 2 aromatic rings. The van der Waals surface area contributed by atoms with Gasteiger partial charge < -0.3 is 4.74 Å². The van der Waals surface area contributed by atoms with Crippen molar-refractivity contribution < 1.29 is 17.9 Å². The lowest BCUT2D eigenvalue weighted by atomic mass is 9.73. The highest BCUT2D eigenvalue weighted by Gasteiger charge is 2.27. The fraction of sp³-hybridized carbons (Fsp3) is 0.636. The molecule has 0 radical (unpaired) electrons. The number of rotatable bonds is 10. The van der Waals surface area contributed by atoms with Crippen LogP contribution in [0.4, 0.5) is 13.2 Å². The standard InChI is InChI=1S/C33H45F3O/c1-4-5-23-6-8-24(9-7-23)10-11-25-12-14-26(15-13-25)29-20-22(2)28(21-30(29)34)17-16-27-18-19-31(37-3)33(36)32(27)35/h18-21,23-26H,4-17H2,1-3H3. The summed E-state index contributed by atoms with van der Waals surface area (Å²) in [6, 6.07) is 6.63. The van der Waals surface area contributed by atoms with Gasteiger partial charge in [0.2, 0.25) is 5.82 Å². The van der Waals surface area contributed by atoms with Crippen LogP contribution in [0, 0.1) is 42.1 Å². The fourth-order valence-corrected chi connectivity index (χ4v) is 6.97. The van der Waals surface area contributed by atoms with Gasteiger partial charge in [0, 0.05) is 0 Å². The zero-order valence-corrected chi connectivity index (χ0v) is 23.1. The Balaban J connectivity index is 1.27. The molecular weight excluding hydrogens is 469 g/mol. The zero-order chi connectivity index (χ0) is 26.4. The number of ether oxygens (including phenoxy) is 1. The van der Waals surface area contributed by atoms with Crippen molar-refractivity contribution >= 4 is 0 Å². The van der Waals surface area contributed by atoms with Crippen LogP contribution in [-0.4, -0.2) is 7.11 Å². The second-order valence-electron chi connectivity index (χ2n) is 11.8. The van der Waals surface area contributed by atoms with Crippen molar-refractivity contribution in [3.8, 4) is 5.75 Å². The Morgan fingerprint density at radius 3 is 1.89 bits per heavy atom. The molecule has 0 saturated heterocycles. The molecule has 4 rings (SSSR count). The SMILES string of the molecule is CCCC1CCC(CCC2CCC(c3cc(C)c(CCc4ccc(OC)c(F)c4F)cc3F)CC2)CC1. The molecule has 2 aliphatic rings. The van der Waals surface area contributed by atoms with Crippen molar-refractivity contribution in [2.24, 2.45) is 17.8 Å². The Morgan fingerprint density at radius 1 is 0.730 bits per heavy atom. The van der Waals surface area contributed by atoms with Crippen LogP contribution >= 0.6 is 0 Å². The molecule has 2 fully saturated rings. The van der Waals surface area contributed by atoms with Crippen LogP contribution < -0.4 is 4.74 Å². The van der Waals surface area contributed by atoms with Gasteiger partial charge in [0.05, 0.1) is 7.11 Å². The Labute approximate surface area is 222 Å². The van der Waals surface area contributed by atoms with Gasteiger partial charge >= 0.3 is 0 Å². The molecule has 4 heteroatoms. The number of methoxy groups -OCH3 is 1. The Hall–Kier alpha value is -1.97. The number of halogens is 3. The fourth-order valence-electron chi connectivity index (χ4n) is 6.97. The number of hydrogen-bond donors (Lipinski definition) is 0. The van der Waals surface area contributed by atoms with Crippen LogP contribution in [0.15, 0.2) is 24.3 Å². The summed E-state index contributed by atoms with van der Waals surface area (Å²) in [5.41, 5.74) is 3.02. The highest BCUT2D eigenvalue weighted by atomic mass is 19.2. The summed E-state index contributed by atoms with van der Waals surface area (Å²) in [6.45, 7) is 4.31. The molecule has 1 nitrogen and oxygen atoms in total. The normalized spacial score (nSPS) is 24.3. The van der Waals surface area contributed by atoms with E-state index < -0.39 is 11.6 Å². The van der Waals surface area contributed by atoms with Gasteiger partial charge in [-0.25, -0.2) is 8.78 Å². The summed E-state index contributed by atoms with van der Waals surface area (Å²) in [5, 5.41) is 0. The van der Waals surface area contributed by atoms with E-state index in [0.717, 1.165) is 47.3 Å². The predicted octanol–water partition coefficient (Wildman–Crippen LogP) is 9.87. The third kappa shape index (κ3) is 7.12. The lowest BCUT2D eigenvalue weighted by Crippen LogP contribution is -2.18. The van der Waals surface area contributed by atoms with Crippen molar-refractivity contribution in [1.82, 2.24) is 0 Å². The smallest absolute Gasteiger partial charge is 0.200 e. The van der Waals surface area contributed by atoms with Crippen molar-refractivity contribution in [3.05, 3.63) is 64.0 Å². The Bertz CT molecular complexity index is 1020. The van der Waals surface area contributed by atoms with Crippen LogP contribution in [0.1, 0.15) is 112 Å². The third-order valence-corrected chi connectivity index (χ3v) is 9.40. The maximum atomic E-state index is 15.2. The average molecular weight is 515 g/mol. The van der Waals surface area contributed by atoms with Crippen molar-refractivity contribution in [3.63, 3.8) is 0 Å². The zero-order valence-electron chi connectivity index (χ0n) is 23.1. The molecule has 2 aromatic carbocycles. The molecule has 0 spiro atoms. The molecule has 2 saturated carbocycles. The summed E-state index contributed by atoms with van der Waals surface area (Å²) < 4.78 is 48.4. The van der Waals surface area contributed by atoms with Crippen molar-refractivity contribution in [2.45, 2.75) is 110 Å². The lowest BCUT2D eigenvalue weighted by Gasteiger charge is -2.32. The molecule has 204 valence electrons. The molecule has 0 N–H and O–H groups in total.